The monoisotopic (exact) mass is 288 g/mol. The standard InChI is InChI=1S/C14H24O6/c1-17-9-3-5-11-19-13(15)7-8-14(16)20-12-6-4-10-18-2/h7-8H,3-6,9-12H2,1-2H3/b8-7+. The fourth-order valence-electron chi connectivity index (χ4n) is 1.27. The number of methoxy groups -OCH3 is 2. The van der Waals surface area contributed by atoms with E-state index in [9.17, 15) is 9.59 Å². The first kappa shape index (κ1) is 18.6. The third-order valence-electron chi connectivity index (χ3n) is 2.33. The highest BCUT2D eigenvalue weighted by Gasteiger charge is 2.01. The minimum atomic E-state index is -0.543. The van der Waals surface area contributed by atoms with Crippen LogP contribution in [0, 0.1) is 0 Å². The van der Waals surface area contributed by atoms with E-state index in [2.05, 4.69) is 0 Å². The van der Waals surface area contributed by atoms with Crippen LogP contribution in [-0.2, 0) is 28.5 Å². The van der Waals surface area contributed by atoms with Crippen molar-refractivity contribution < 1.29 is 28.5 Å². The Morgan fingerprint density at radius 1 is 0.700 bits per heavy atom. The molecule has 0 aliphatic rings. The SMILES string of the molecule is COCCCCOC(=O)/C=C/C(=O)OCCCCOC. The summed E-state index contributed by atoms with van der Waals surface area (Å²) < 4.78 is 19.5. The third kappa shape index (κ3) is 13.0. The maximum Gasteiger partial charge on any atom is 0.331 e. The Bertz CT molecular complexity index is 259. The molecule has 0 bridgehead atoms. The molecule has 0 radical (unpaired) electrons. The molecule has 0 aromatic carbocycles. The Labute approximate surface area is 120 Å². The van der Waals surface area contributed by atoms with Gasteiger partial charge in [-0.15, -0.1) is 0 Å². The molecule has 0 unspecified atom stereocenters. The third-order valence-corrected chi connectivity index (χ3v) is 2.33. The highest BCUT2D eigenvalue weighted by Crippen LogP contribution is 1.94. The first-order valence-electron chi connectivity index (χ1n) is 6.70. The predicted molar refractivity (Wildman–Crippen MR) is 73.3 cm³/mol. The van der Waals surface area contributed by atoms with E-state index in [4.69, 9.17) is 18.9 Å². The van der Waals surface area contributed by atoms with Crippen molar-refractivity contribution in [2.75, 3.05) is 40.6 Å². The fraction of sp³-hybridized carbons (Fsp3) is 0.714. The number of hydrogen-bond donors (Lipinski definition) is 0. The molecule has 0 aliphatic carbocycles. The van der Waals surface area contributed by atoms with Gasteiger partial charge in [0.15, 0.2) is 0 Å². The Hall–Kier alpha value is -1.40. The van der Waals surface area contributed by atoms with Gasteiger partial charge in [-0.25, -0.2) is 9.59 Å². The molecule has 6 heteroatoms. The highest BCUT2D eigenvalue weighted by atomic mass is 16.5. The lowest BCUT2D eigenvalue weighted by Gasteiger charge is -2.02. The van der Waals surface area contributed by atoms with E-state index in [0.717, 1.165) is 37.8 Å². The minimum Gasteiger partial charge on any atom is -0.463 e. The summed E-state index contributed by atoms with van der Waals surface area (Å²) in [4.78, 5) is 22.5. The zero-order valence-corrected chi connectivity index (χ0v) is 12.3. The van der Waals surface area contributed by atoms with Gasteiger partial charge in [-0.1, -0.05) is 0 Å². The molecule has 0 fully saturated rings. The number of esters is 2. The van der Waals surface area contributed by atoms with Crippen molar-refractivity contribution in [2.45, 2.75) is 25.7 Å². The van der Waals surface area contributed by atoms with Crippen LogP contribution < -0.4 is 0 Å². The lowest BCUT2D eigenvalue weighted by molar-refractivity contribution is -0.140. The maximum atomic E-state index is 11.2. The number of ether oxygens (including phenoxy) is 4. The minimum absolute atomic E-state index is 0.318. The van der Waals surface area contributed by atoms with Crippen molar-refractivity contribution in [1.82, 2.24) is 0 Å². The zero-order chi connectivity index (χ0) is 15.1. The molecule has 0 heterocycles. The van der Waals surface area contributed by atoms with Gasteiger partial charge in [0.1, 0.15) is 0 Å². The van der Waals surface area contributed by atoms with Crippen molar-refractivity contribution >= 4 is 11.9 Å². The van der Waals surface area contributed by atoms with Gasteiger partial charge >= 0.3 is 11.9 Å². The second-order valence-electron chi connectivity index (χ2n) is 4.07. The number of carbonyl (C=O) groups excluding carboxylic acids is 2. The van der Waals surface area contributed by atoms with Gasteiger partial charge in [0, 0.05) is 39.6 Å². The lowest BCUT2D eigenvalue weighted by atomic mass is 10.3. The second-order valence-corrected chi connectivity index (χ2v) is 4.07. The topological polar surface area (TPSA) is 71.1 Å². The summed E-state index contributed by atoms with van der Waals surface area (Å²) in [6, 6.07) is 0. The smallest absolute Gasteiger partial charge is 0.331 e. The Kier molecular flexibility index (Phi) is 13.0. The number of carbonyl (C=O) groups is 2. The highest BCUT2D eigenvalue weighted by molar-refractivity contribution is 5.91. The van der Waals surface area contributed by atoms with E-state index < -0.39 is 11.9 Å². The van der Waals surface area contributed by atoms with Crippen LogP contribution in [0.3, 0.4) is 0 Å². The first-order valence-corrected chi connectivity index (χ1v) is 6.70. The normalized spacial score (nSPS) is 10.7. The molecule has 0 aromatic heterocycles. The van der Waals surface area contributed by atoms with Crippen LogP contribution >= 0.6 is 0 Å². The van der Waals surface area contributed by atoms with Gasteiger partial charge in [0.05, 0.1) is 13.2 Å². The molecule has 0 rings (SSSR count). The molecule has 0 aliphatic heterocycles. The Balaban J connectivity index is 3.54. The van der Waals surface area contributed by atoms with Crippen LogP contribution in [0.2, 0.25) is 0 Å². The van der Waals surface area contributed by atoms with Crippen LogP contribution in [0.4, 0.5) is 0 Å². The van der Waals surface area contributed by atoms with Crippen molar-refractivity contribution in [1.29, 1.82) is 0 Å². The van der Waals surface area contributed by atoms with Crippen LogP contribution in [-0.4, -0.2) is 52.6 Å². The number of unbranched alkanes of at least 4 members (excludes halogenated alkanes) is 2. The van der Waals surface area contributed by atoms with E-state index in [0.29, 0.717) is 26.4 Å². The van der Waals surface area contributed by atoms with Gasteiger partial charge in [-0.3, -0.25) is 0 Å². The van der Waals surface area contributed by atoms with E-state index in [1.54, 1.807) is 14.2 Å². The average molecular weight is 288 g/mol. The maximum absolute atomic E-state index is 11.2. The van der Waals surface area contributed by atoms with Crippen molar-refractivity contribution in [3.8, 4) is 0 Å². The van der Waals surface area contributed by atoms with E-state index in [1.807, 2.05) is 0 Å². The van der Waals surface area contributed by atoms with Gasteiger partial charge in [-0.2, -0.15) is 0 Å². The quantitative estimate of drug-likeness (QED) is 0.308. The molecule has 0 spiro atoms. The van der Waals surface area contributed by atoms with Gasteiger partial charge in [0.25, 0.3) is 0 Å². The Morgan fingerprint density at radius 2 is 1.05 bits per heavy atom. The molecule has 0 saturated carbocycles. The molecule has 0 atom stereocenters. The molecule has 0 N–H and O–H groups in total. The molecule has 20 heavy (non-hydrogen) atoms. The average Bonchev–Trinajstić information content (AvgIpc) is 2.44. The van der Waals surface area contributed by atoms with Gasteiger partial charge in [-0.05, 0) is 25.7 Å². The largest absolute Gasteiger partial charge is 0.463 e. The summed E-state index contributed by atoms with van der Waals surface area (Å²) in [6.45, 7) is 1.92. The number of hydrogen-bond acceptors (Lipinski definition) is 6. The summed E-state index contributed by atoms with van der Waals surface area (Å²) in [5.74, 6) is -1.09. The predicted octanol–water partition coefficient (Wildman–Crippen LogP) is 1.48. The van der Waals surface area contributed by atoms with Crippen LogP contribution in [0.5, 0.6) is 0 Å². The Morgan fingerprint density at radius 3 is 1.40 bits per heavy atom. The van der Waals surface area contributed by atoms with Gasteiger partial charge in [0.2, 0.25) is 0 Å². The molecule has 0 amide bonds. The molecule has 0 aromatic rings. The van der Waals surface area contributed by atoms with E-state index >= 15 is 0 Å². The number of rotatable bonds is 12. The lowest BCUT2D eigenvalue weighted by Crippen LogP contribution is -2.07. The summed E-state index contributed by atoms with van der Waals surface area (Å²) >= 11 is 0. The van der Waals surface area contributed by atoms with Crippen molar-refractivity contribution in [2.24, 2.45) is 0 Å². The summed E-state index contributed by atoms with van der Waals surface area (Å²) in [5, 5.41) is 0. The molecular formula is C14H24O6. The molecule has 0 saturated heterocycles. The van der Waals surface area contributed by atoms with Crippen LogP contribution in [0.25, 0.3) is 0 Å². The zero-order valence-electron chi connectivity index (χ0n) is 12.3. The van der Waals surface area contributed by atoms with Crippen LogP contribution in [0.1, 0.15) is 25.7 Å². The molecule has 6 nitrogen and oxygen atoms in total. The fourth-order valence-corrected chi connectivity index (χ4v) is 1.27. The summed E-state index contributed by atoms with van der Waals surface area (Å²) in [5.41, 5.74) is 0. The van der Waals surface area contributed by atoms with E-state index in [1.165, 1.54) is 0 Å². The molecular weight excluding hydrogens is 264 g/mol. The first-order chi connectivity index (χ1) is 9.70. The van der Waals surface area contributed by atoms with Crippen molar-refractivity contribution in [3.05, 3.63) is 12.2 Å². The van der Waals surface area contributed by atoms with Crippen molar-refractivity contribution in [3.63, 3.8) is 0 Å². The van der Waals surface area contributed by atoms with Crippen LogP contribution in [0.15, 0.2) is 12.2 Å². The van der Waals surface area contributed by atoms with Gasteiger partial charge < -0.3 is 18.9 Å². The molecule has 116 valence electrons. The summed E-state index contributed by atoms with van der Waals surface area (Å²) in [7, 11) is 3.24. The second kappa shape index (κ2) is 14.0. The van der Waals surface area contributed by atoms with E-state index in [-0.39, 0.29) is 0 Å². The summed E-state index contributed by atoms with van der Waals surface area (Å²) in [6.07, 6.45) is 5.28.